The second-order valence-electron chi connectivity index (χ2n) is 4.62. The van der Waals surface area contributed by atoms with Crippen LogP contribution < -0.4 is 0 Å². The summed E-state index contributed by atoms with van der Waals surface area (Å²) in [5.74, 6) is -0.603. The van der Waals surface area contributed by atoms with Gasteiger partial charge in [0, 0.05) is 13.5 Å². The fraction of sp³-hybridized carbons (Fsp3) is 0.400. The van der Waals surface area contributed by atoms with Crippen LogP contribution in [-0.2, 0) is 25.7 Å². The second-order valence-corrected chi connectivity index (χ2v) is 5.12. The monoisotopic (exact) mass is 325 g/mol. The van der Waals surface area contributed by atoms with Crippen molar-refractivity contribution in [2.75, 3.05) is 14.2 Å². The van der Waals surface area contributed by atoms with Gasteiger partial charge in [-0.2, -0.15) is 0 Å². The molecular weight excluding hydrogens is 306 g/mol. The van der Waals surface area contributed by atoms with Gasteiger partial charge in [0.1, 0.15) is 12.6 Å². The SMILES string of the molecule is COC(=O)[C@H](CCC(=O)S)N(C)C(=O)OCc1ccccc1. The van der Waals surface area contributed by atoms with Gasteiger partial charge in [0.05, 0.1) is 7.11 Å². The van der Waals surface area contributed by atoms with Gasteiger partial charge < -0.3 is 9.47 Å². The molecule has 0 aliphatic heterocycles. The Morgan fingerprint density at radius 1 is 1.23 bits per heavy atom. The third kappa shape index (κ3) is 5.77. The highest BCUT2D eigenvalue weighted by molar-refractivity contribution is 7.96. The topological polar surface area (TPSA) is 72.9 Å². The predicted molar refractivity (Wildman–Crippen MR) is 83.4 cm³/mol. The summed E-state index contributed by atoms with van der Waals surface area (Å²) in [6, 6.07) is 8.30. The van der Waals surface area contributed by atoms with Gasteiger partial charge >= 0.3 is 12.1 Å². The molecule has 0 saturated heterocycles. The Hall–Kier alpha value is -2.02. The number of ether oxygens (including phenoxy) is 2. The quantitative estimate of drug-likeness (QED) is 0.613. The lowest BCUT2D eigenvalue weighted by Crippen LogP contribution is -2.43. The summed E-state index contributed by atoms with van der Waals surface area (Å²) >= 11 is 3.65. The summed E-state index contributed by atoms with van der Waals surface area (Å²) in [5, 5.41) is -0.361. The van der Waals surface area contributed by atoms with Crippen LogP contribution >= 0.6 is 12.6 Å². The molecule has 6 nitrogen and oxygen atoms in total. The van der Waals surface area contributed by atoms with Gasteiger partial charge in [-0.1, -0.05) is 30.3 Å². The summed E-state index contributed by atoms with van der Waals surface area (Å²) in [4.78, 5) is 35.8. The van der Waals surface area contributed by atoms with Crippen molar-refractivity contribution in [3.05, 3.63) is 35.9 Å². The Morgan fingerprint density at radius 3 is 2.41 bits per heavy atom. The molecule has 0 heterocycles. The van der Waals surface area contributed by atoms with E-state index in [4.69, 9.17) is 4.74 Å². The average molecular weight is 325 g/mol. The lowest BCUT2D eigenvalue weighted by atomic mass is 10.1. The predicted octanol–water partition coefficient (Wildman–Crippen LogP) is 2.03. The van der Waals surface area contributed by atoms with Gasteiger partial charge in [-0.05, 0) is 12.0 Å². The van der Waals surface area contributed by atoms with Crippen molar-refractivity contribution in [2.45, 2.75) is 25.5 Å². The Bertz CT molecular complexity index is 520. The molecular formula is C15H19NO5S. The van der Waals surface area contributed by atoms with Gasteiger partial charge in [-0.25, -0.2) is 9.59 Å². The minimum Gasteiger partial charge on any atom is -0.467 e. The van der Waals surface area contributed by atoms with Crippen LogP contribution in [-0.4, -0.2) is 42.3 Å². The molecule has 0 aliphatic carbocycles. The van der Waals surface area contributed by atoms with E-state index in [-0.39, 0.29) is 24.6 Å². The number of rotatable bonds is 7. The summed E-state index contributed by atoms with van der Waals surface area (Å²) in [6.45, 7) is 0.101. The molecule has 0 aliphatic rings. The minimum atomic E-state index is -0.885. The Balaban J connectivity index is 2.62. The first-order valence-corrected chi connectivity index (χ1v) is 7.13. The number of thiol groups is 1. The van der Waals surface area contributed by atoms with E-state index in [9.17, 15) is 14.4 Å². The lowest BCUT2D eigenvalue weighted by molar-refractivity contribution is -0.146. The van der Waals surface area contributed by atoms with E-state index in [1.165, 1.54) is 14.2 Å². The number of hydrogen-bond acceptors (Lipinski definition) is 5. The van der Waals surface area contributed by atoms with Gasteiger partial charge in [-0.15, -0.1) is 12.6 Å². The number of nitrogens with zero attached hydrogens (tertiary/aromatic N) is 1. The summed E-state index contributed by atoms with van der Waals surface area (Å²) < 4.78 is 9.80. The van der Waals surface area contributed by atoms with Crippen molar-refractivity contribution in [3.8, 4) is 0 Å². The Kier molecular flexibility index (Phi) is 7.45. The van der Waals surface area contributed by atoms with E-state index < -0.39 is 18.1 Å². The number of hydrogen-bond donors (Lipinski definition) is 1. The molecule has 0 aromatic heterocycles. The number of benzene rings is 1. The number of esters is 1. The van der Waals surface area contributed by atoms with Crippen molar-refractivity contribution >= 4 is 29.8 Å². The standard InChI is InChI=1S/C15H19NO5S/c1-16(12(14(18)20-2)8-9-13(17)22)15(19)21-10-11-6-4-3-5-7-11/h3-7,12H,8-10H2,1-2H3,(H,17,22)/t12-/m0/s1. The molecule has 1 amide bonds. The molecule has 0 N–H and O–H groups in total. The zero-order valence-corrected chi connectivity index (χ0v) is 13.4. The summed E-state index contributed by atoms with van der Waals surface area (Å²) in [5.41, 5.74) is 0.837. The van der Waals surface area contributed by atoms with Gasteiger partial charge in [-0.3, -0.25) is 9.69 Å². The average Bonchev–Trinajstić information content (AvgIpc) is 2.52. The molecule has 1 atom stereocenters. The van der Waals surface area contributed by atoms with Gasteiger partial charge in [0.25, 0.3) is 0 Å². The molecule has 22 heavy (non-hydrogen) atoms. The van der Waals surface area contributed by atoms with E-state index in [1.54, 1.807) is 0 Å². The van der Waals surface area contributed by atoms with Crippen LogP contribution in [0.25, 0.3) is 0 Å². The highest BCUT2D eigenvalue weighted by Crippen LogP contribution is 2.11. The lowest BCUT2D eigenvalue weighted by Gasteiger charge is -2.25. The number of amides is 1. The molecule has 0 radical (unpaired) electrons. The van der Waals surface area contributed by atoms with E-state index in [2.05, 4.69) is 17.4 Å². The highest BCUT2D eigenvalue weighted by Gasteiger charge is 2.28. The molecule has 0 spiro atoms. The third-order valence-corrected chi connectivity index (χ3v) is 3.29. The summed E-state index contributed by atoms with van der Waals surface area (Å²) in [7, 11) is 2.65. The molecule has 1 aromatic rings. The van der Waals surface area contributed by atoms with Gasteiger partial charge in [0.15, 0.2) is 5.12 Å². The van der Waals surface area contributed by atoms with Crippen LogP contribution in [0.4, 0.5) is 4.79 Å². The van der Waals surface area contributed by atoms with Crippen LogP contribution in [0.3, 0.4) is 0 Å². The van der Waals surface area contributed by atoms with Crippen LogP contribution in [0, 0.1) is 0 Å². The molecule has 0 fully saturated rings. The van der Waals surface area contributed by atoms with E-state index >= 15 is 0 Å². The maximum atomic E-state index is 12.0. The van der Waals surface area contributed by atoms with Crippen molar-refractivity contribution in [1.29, 1.82) is 0 Å². The minimum absolute atomic E-state index is 0.0547. The van der Waals surface area contributed by atoms with Crippen molar-refractivity contribution in [3.63, 3.8) is 0 Å². The highest BCUT2D eigenvalue weighted by atomic mass is 32.1. The molecule has 1 aromatic carbocycles. The number of carbonyl (C=O) groups excluding carboxylic acids is 3. The molecule has 120 valence electrons. The van der Waals surface area contributed by atoms with Crippen LogP contribution in [0.1, 0.15) is 18.4 Å². The Morgan fingerprint density at radius 2 is 1.86 bits per heavy atom. The molecule has 0 bridgehead atoms. The maximum absolute atomic E-state index is 12.0. The van der Waals surface area contributed by atoms with Crippen molar-refractivity contribution in [2.24, 2.45) is 0 Å². The largest absolute Gasteiger partial charge is 0.467 e. The smallest absolute Gasteiger partial charge is 0.410 e. The first-order valence-electron chi connectivity index (χ1n) is 6.68. The number of likely N-dealkylation sites (N-methyl/N-ethyl adjacent to an activating group) is 1. The Labute approximate surface area is 134 Å². The van der Waals surface area contributed by atoms with E-state index in [0.29, 0.717) is 0 Å². The van der Waals surface area contributed by atoms with Crippen LogP contribution in [0.15, 0.2) is 30.3 Å². The summed E-state index contributed by atoms with van der Waals surface area (Å²) in [6.07, 6.45) is -0.476. The van der Waals surface area contributed by atoms with Crippen molar-refractivity contribution < 1.29 is 23.9 Å². The van der Waals surface area contributed by atoms with Crippen molar-refractivity contribution in [1.82, 2.24) is 4.90 Å². The van der Waals surface area contributed by atoms with E-state index in [1.807, 2.05) is 30.3 Å². The molecule has 7 heteroatoms. The second kappa shape index (κ2) is 9.09. The first kappa shape index (κ1) is 18.0. The first-order chi connectivity index (χ1) is 10.5. The van der Waals surface area contributed by atoms with E-state index in [0.717, 1.165) is 10.5 Å². The molecule has 0 saturated carbocycles. The zero-order chi connectivity index (χ0) is 16.5. The number of carbonyl (C=O) groups is 3. The fourth-order valence-corrected chi connectivity index (χ4v) is 1.94. The number of methoxy groups -OCH3 is 1. The third-order valence-electron chi connectivity index (χ3n) is 3.07. The normalized spacial score (nSPS) is 11.4. The molecule has 1 rings (SSSR count). The van der Waals surface area contributed by atoms with Gasteiger partial charge in [0.2, 0.25) is 0 Å². The zero-order valence-electron chi connectivity index (χ0n) is 12.5. The van der Waals surface area contributed by atoms with Crippen LogP contribution in [0.5, 0.6) is 0 Å². The van der Waals surface area contributed by atoms with Crippen LogP contribution in [0.2, 0.25) is 0 Å². The molecule has 0 unspecified atom stereocenters. The fourth-order valence-electron chi connectivity index (χ4n) is 1.81. The maximum Gasteiger partial charge on any atom is 0.410 e.